The quantitative estimate of drug-likeness (QED) is 0.434. The SMILES string of the molecule is C[C@@H]1CCCCO[C@@H](CN(C)S(C)(=O)=O)[C@H](C)CN([C@@H](C)CO)C(=O)c2cc(NC(=O)Nc3ccccc3)ccc2O1. The van der Waals surface area contributed by atoms with Crippen LogP contribution in [-0.4, -0.2) is 92.5 Å². The molecule has 0 unspecified atom stereocenters. The van der Waals surface area contributed by atoms with Crippen LogP contribution in [0.3, 0.4) is 0 Å². The van der Waals surface area contributed by atoms with E-state index in [1.54, 1.807) is 42.2 Å². The van der Waals surface area contributed by atoms with Crippen LogP contribution in [0.2, 0.25) is 0 Å². The number of aliphatic hydroxyl groups excluding tert-OH is 1. The van der Waals surface area contributed by atoms with Crippen LogP contribution >= 0.6 is 0 Å². The third kappa shape index (κ3) is 9.69. The van der Waals surface area contributed by atoms with E-state index in [4.69, 9.17) is 9.47 Å². The molecule has 1 heterocycles. The van der Waals surface area contributed by atoms with Gasteiger partial charge < -0.3 is 30.1 Å². The van der Waals surface area contributed by atoms with Crippen molar-refractivity contribution in [3.63, 3.8) is 0 Å². The molecule has 3 rings (SSSR count). The number of likely N-dealkylation sites (N-methyl/N-ethyl adjacent to an activating group) is 1. The van der Waals surface area contributed by atoms with Crippen LogP contribution in [0.5, 0.6) is 5.75 Å². The fourth-order valence-electron chi connectivity index (χ4n) is 4.67. The van der Waals surface area contributed by atoms with Gasteiger partial charge in [-0.05, 0) is 63.4 Å². The Bertz CT molecular complexity index is 1290. The van der Waals surface area contributed by atoms with Gasteiger partial charge >= 0.3 is 6.03 Å². The molecule has 0 radical (unpaired) electrons. The van der Waals surface area contributed by atoms with Crippen LogP contribution < -0.4 is 15.4 Å². The molecular formula is C30H44N4O7S. The minimum absolute atomic E-state index is 0.135. The molecule has 2 aromatic rings. The number of sulfonamides is 1. The molecule has 0 fully saturated rings. The molecule has 0 saturated heterocycles. The van der Waals surface area contributed by atoms with Crippen molar-refractivity contribution in [1.82, 2.24) is 9.21 Å². The zero-order valence-electron chi connectivity index (χ0n) is 25.1. The monoisotopic (exact) mass is 604 g/mol. The van der Waals surface area contributed by atoms with Crippen LogP contribution in [-0.2, 0) is 14.8 Å². The first-order chi connectivity index (χ1) is 19.9. The lowest BCUT2D eigenvalue weighted by Gasteiger charge is -2.35. The van der Waals surface area contributed by atoms with Gasteiger partial charge in [-0.3, -0.25) is 4.79 Å². The number of carbonyl (C=O) groups is 2. The van der Waals surface area contributed by atoms with E-state index in [0.717, 1.165) is 25.5 Å². The van der Waals surface area contributed by atoms with Gasteiger partial charge in [0.05, 0.1) is 36.7 Å². The molecule has 1 aliphatic heterocycles. The molecule has 0 aliphatic carbocycles. The van der Waals surface area contributed by atoms with Gasteiger partial charge in [0.2, 0.25) is 10.0 Å². The molecule has 232 valence electrons. The van der Waals surface area contributed by atoms with Crippen molar-refractivity contribution < 1.29 is 32.6 Å². The average molecular weight is 605 g/mol. The predicted octanol–water partition coefficient (Wildman–Crippen LogP) is 4.02. The van der Waals surface area contributed by atoms with E-state index in [9.17, 15) is 23.1 Å². The lowest BCUT2D eigenvalue weighted by molar-refractivity contribution is -0.00828. The molecule has 3 amide bonds. The molecule has 0 aromatic heterocycles. The second-order valence-corrected chi connectivity index (χ2v) is 13.1. The van der Waals surface area contributed by atoms with Crippen LogP contribution in [0.15, 0.2) is 48.5 Å². The highest BCUT2D eigenvalue weighted by Gasteiger charge is 2.31. The van der Waals surface area contributed by atoms with Gasteiger partial charge in [-0.2, -0.15) is 0 Å². The topological polar surface area (TPSA) is 138 Å². The minimum Gasteiger partial charge on any atom is -0.490 e. The number of carbonyl (C=O) groups excluding carboxylic acids is 2. The highest BCUT2D eigenvalue weighted by Crippen LogP contribution is 2.28. The number of aliphatic hydroxyl groups is 1. The largest absolute Gasteiger partial charge is 0.490 e. The van der Waals surface area contributed by atoms with Gasteiger partial charge in [-0.25, -0.2) is 17.5 Å². The van der Waals surface area contributed by atoms with Crippen LogP contribution in [0.4, 0.5) is 16.2 Å². The second kappa shape index (κ2) is 15.3. The molecule has 4 atom stereocenters. The van der Waals surface area contributed by atoms with Gasteiger partial charge in [-0.1, -0.05) is 25.1 Å². The van der Waals surface area contributed by atoms with E-state index in [2.05, 4.69) is 10.6 Å². The van der Waals surface area contributed by atoms with Crippen molar-refractivity contribution in [1.29, 1.82) is 0 Å². The normalized spacial score (nSPS) is 21.5. The summed E-state index contributed by atoms with van der Waals surface area (Å²) in [6, 6.07) is 12.9. The van der Waals surface area contributed by atoms with Gasteiger partial charge in [0.25, 0.3) is 5.91 Å². The lowest BCUT2D eigenvalue weighted by atomic mass is 10.0. The molecule has 11 nitrogen and oxygen atoms in total. The maximum Gasteiger partial charge on any atom is 0.323 e. The molecule has 2 aromatic carbocycles. The van der Waals surface area contributed by atoms with Crippen molar-refractivity contribution in [3.05, 3.63) is 54.1 Å². The zero-order chi connectivity index (χ0) is 30.9. The third-order valence-electron chi connectivity index (χ3n) is 7.34. The summed E-state index contributed by atoms with van der Waals surface area (Å²) < 4.78 is 37.9. The number of amides is 3. The molecule has 3 N–H and O–H groups in total. The summed E-state index contributed by atoms with van der Waals surface area (Å²) in [5.74, 6) is -0.271. The summed E-state index contributed by atoms with van der Waals surface area (Å²) in [5, 5.41) is 15.6. The van der Waals surface area contributed by atoms with Crippen molar-refractivity contribution in [3.8, 4) is 5.75 Å². The fourth-order valence-corrected chi connectivity index (χ4v) is 5.08. The second-order valence-electron chi connectivity index (χ2n) is 11.0. The summed E-state index contributed by atoms with van der Waals surface area (Å²) in [7, 11) is -1.93. The predicted molar refractivity (Wildman–Crippen MR) is 163 cm³/mol. The van der Waals surface area contributed by atoms with Crippen LogP contribution in [0, 0.1) is 5.92 Å². The number of nitrogens with zero attached hydrogens (tertiary/aromatic N) is 2. The van der Waals surface area contributed by atoms with E-state index < -0.39 is 28.2 Å². The first-order valence-electron chi connectivity index (χ1n) is 14.3. The zero-order valence-corrected chi connectivity index (χ0v) is 25.9. The van der Waals surface area contributed by atoms with Crippen molar-refractivity contribution in [2.45, 2.75) is 58.3 Å². The number of hydrogen-bond acceptors (Lipinski definition) is 7. The van der Waals surface area contributed by atoms with Gasteiger partial charge in [0, 0.05) is 44.0 Å². The summed E-state index contributed by atoms with van der Waals surface area (Å²) in [5.41, 5.74) is 1.26. The summed E-state index contributed by atoms with van der Waals surface area (Å²) in [6.45, 7) is 6.07. The first kappa shape index (κ1) is 33.3. The number of nitrogens with one attached hydrogen (secondary N) is 2. The number of fused-ring (bicyclic) bond motifs is 1. The molecule has 1 aliphatic rings. The third-order valence-corrected chi connectivity index (χ3v) is 8.63. The molecule has 0 spiro atoms. The first-order valence-corrected chi connectivity index (χ1v) is 16.1. The molecule has 12 heteroatoms. The highest BCUT2D eigenvalue weighted by molar-refractivity contribution is 7.88. The van der Waals surface area contributed by atoms with Crippen LogP contribution in [0.1, 0.15) is 50.4 Å². The highest BCUT2D eigenvalue weighted by atomic mass is 32.2. The number of para-hydroxylation sites is 1. The van der Waals surface area contributed by atoms with E-state index in [1.165, 1.54) is 11.4 Å². The van der Waals surface area contributed by atoms with Crippen molar-refractivity contribution >= 4 is 33.3 Å². The number of benzene rings is 2. The van der Waals surface area contributed by atoms with Crippen molar-refractivity contribution in [2.75, 3.05) is 50.2 Å². The Kier molecular flexibility index (Phi) is 12.2. The molecule has 0 bridgehead atoms. The van der Waals surface area contributed by atoms with E-state index >= 15 is 0 Å². The summed E-state index contributed by atoms with van der Waals surface area (Å²) in [6.07, 6.45) is 2.78. The Hall–Kier alpha value is -3.19. The lowest BCUT2D eigenvalue weighted by Crippen LogP contribution is -2.47. The number of rotatable bonds is 7. The standard InChI is InChI=1S/C30H44N4O7S/c1-21-18-34(22(2)20-35)29(36)26-17-25(32-30(37)31-24-12-7-6-8-13-24)14-15-27(26)41-23(3)11-9-10-16-40-28(21)19-33(4)42(5,38)39/h6-8,12-15,17,21-23,28,35H,9-11,16,18-20H2,1-5H3,(H2,31,32,37)/t21-,22+,23-,28+/m1/s1. The number of hydrogen-bond donors (Lipinski definition) is 3. The molecule has 0 saturated carbocycles. The maximum absolute atomic E-state index is 14.1. The Labute approximate surface area is 249 Å². The Morgan fingerprint density at radius 2 is 1.81 bits per heavy atom. The Balaban J connectivity index is 1.95. The maximum atomic E-state index is 14.1. The molecule has 42 heavy (non-hydrogen) atoms. The number of ether oxygens (including phenoxy) is 2. The number of anilines is 2. The average Bonchev–Trinajstić information content (AvgIpc) is 2.94. The van der Waals surface area contributed by atoms with E-state index in [0.29, 0.717) is 23.7 Å². The Morgan fingerprint density at radius 3 is 2.48 bits per heavy atom. The minimum atomic E-state index is -3.44. The fraction of sp³-hybridized carbons (Fsp3) is 0.533. The van der Waals surface area contributed by atoms with Crippen LogP contribution in [0.25, 0.3) is 0 Å². The summed E-state index contributed by atoms with van der Waals surface area (Å²) >= 11 is 0. The van der Waals surface area contributed by atoms with Gasteiger partial charge in [0.1, 0.15) is 5.75 Å². The summed E-state index contributed by atoms with van der Waals surface area (Å²) in [4.78, 5) is 28.4. The Morgan fingerprint density at radius 1 is 1.12 bits per heavy atom. The smallest absolute Gasteiger partial charge is 0.323 e. The molecular weight excluding hydrogens is 560 g/mol. The number of urea groups is 1. The van der Waals surface area contributed by atoms with E-state index in [1.807, 2.05) is 32.0 Å². The van der Waals surface area contributed by atoms with E-state index in [-0.39, 0.29) is 43.2 Å². The van der Waals surface area contributed by atoms with Crippen molar-refractivity contribution in [2.24, 2.45) is 5.92 Å². The van der Waals surface area contributed by atoms with Gasteiger partial charge in [0.15, 0.2) is 0 Å². The van der Waals surface area contributed by atoms with Gasteiger partial charge in [-0.15, -0.1) is 0 Å².